The summed E-state index contributed by atoms with van der Waals surface area (Å²) in [5.41, 5.74) is 2.69. The van der Waals surface area contributed by atoms with Gasteiger partial charge in [0.05, 0.1) is 16.2 Å². The predicted octanol–water partition coefficient (Wildman–Crippen LogP) is 5.86. The van der Waals surface area contributed by atoms with E-state index in [1.54, 1.807) is 54.7 Å². The van der Waals surface area contributed by atoms with Gasteiger partial charge in [0.15, 0.2) is 9.84 Å². The summed E-state index contributed by atoms with van der Waals surface area (Å²) >= 11 is 12.3. The number of pyridine rings is 1. The largest absolute Gasteiger partial charge is 0.337 e. The highest BCUT2D eigenvalue weighted by molar-refractivity contribution is 7.90. The minimum atomic E-state index is -3.62. The molecule has 0 atom stereocenters. The number of fused-ring (bicyclic) bond motifs is 1. The molecule has 1 aliphatic rings. The second kappa shape index (κ2) is 11.4. The first-order valence-electron chi connectivity index (χ1n) is 12.4. The first-order valence-corrected chi connectivity index (χ1v) is 14.8. The number of sulfone groups is 1. The third kappa shape index (κ3) is 6.18. The van der Waals surface area contributed by atoms with Crippen molar-refractivity contribution in [3.63, 3.8) is 0 Å². The molecule has 0 aliphatic carbocycles. The molecular formula is C29H27Cl2N3O3S. The molecule has 1 saturated heterocycles. The molecule has 0 unspecified atom stereocenters. The summed E-state index contributed by atoms with van der Waals surface area (Å²) < 4.78 is 26.4. The Kier molecular flexibility index (Phi) is 8.00. The second-order valence-corrected chi connectivity index (χ2v) is 12.3. The van der Waals surface area contributed by atoms with Crippen LogP contribution in [0.3, 0.4) is 0 Å². The number of hydrogen-bond acceptors (Lipinski definition) is 5. The zero-order chi connectivity index (χ0) is 26.7. The lowest BCUT2D eigenvalue weighted by molar-refractivity contribution is 0.0761. The molecule has 0 radical (unpaired) electrons. The molecule has 0 spiro atoms. The van der Waals surface area contributed by atoms with Crippen molar-refractivity contribution in [2.75, 3.05) is 26.2 Å². The van der Waals surface area contributed by atoms with E-state index in [1.807, 2.05) is 29.2 Å². The summed E-state index contributed by atoms with van der Waals surface area (Å²) in [6.45, 7) is 3.60. The number of nitrogens with zero attached hydrogens (tertiary/aromatic N) is 3. The number of carbonyl (C=O) groups is 1. The molecule has 2 heterocycles. The highest BCUT2D eigenvalue weighted by Gasteiger charge is 2.22. The summed E-state index contributed by atoms with van der Waals surface area (Å²) in [6, 6.07) is 21.2. The van der Waals surface area contributed by atoms with E-state index in [-0.39, 0.29) is 16.6 Å². The minimum absolute atomic E-state index is 0.0506. The third-order valence-corrected chi connectivity index (χ3v) is 8.84. The number of benzene rings is 3. The number of hydrogen-bond donors (Lipinski definition) is 0. The van der Waals surface area contributed by atoms with Gasteiger partial charge in [-0.25, -0.2) is 8.42 Å². The second-order valence-electron chi connectivity index (χ2n) is 9.49. The average Bonchev–Trinajstić information content (AvgIpc) is 3.13. The van der Waals surface area contributed by atoms with Crippen LogP contribution in [0.2, 0.25) is 10.0 Å². The van der Waals surface area contributed by atoms with Crippen molar-refractivity contribution in [2.45, 2.75) is 23.6 Å². The maximum Gasteiger partial charge on any atom is 0.253 e. The van der Waals surface area contributed by atoms with E-state index >= 15 is 0 Å². The highest BCUT2D eigenvalue weighted by atomic mass is 35.5. The molecule has 1 aliphatic heterocycles. The zero-order valence-electron chi connectivity index (χ0n) is 20.7. The fourth-order valence-electron chi connectivity index (χ4n) is 4.84. The molecule has 196 valence electrons. The van der Waals surface area contributed by atoms with Crippen LogP contribution in [0.5, 0.6) is 0 Å². The number of rotatable bonds is 6. The molecule has 1 amide bonds. The van der Waals surface area contributed by atoms with Crippen LogP contribution in [0.15, 0.2) is 83.9 Å². The van der Waals surface area contributed by atoms with Gasteiger partial charge in [-0.3, -0.25) is 14.7 Å². The summed E-state index contributed by atoms with van der Waals surface area (Å²) in [4.78, 5) is 21.9. The Morgan fingerprint density at radius 1 is 0.842 bits per heavy atom. The van der Waals surface area contributed by atoms with Crippen LogP contribution in [-0.4, -0.2) is 55.3 Å². The summed E-state index contributed by atoms with van der Waals surface area (Å²) in [5, 5.41) is 2.01. The van der Waals surface area contributed by atoms with Gasteiger partial charge in [0, 0.05) is 59.9 Å². The molecule has 0 saturated carbocycles. The lowest BCUT2D eigenvalue weighted by atomic mass is 10.1. The summed E-state index contributed by atoms with van der Waals surface area (Å²) in [5.74, 6) is -0.214. The zero-order valence-corrected chi connectivity index (χ0v) is 23.0. The number of para-hydroxylation sites is 1. The summed E-state index contributed by atoms with van der Waals surface area (Å²) in [6.07, 6.45) is 2.45. The van der Waals surface area contributed by atoms with E-state index in [0.29, 0.717) is 39.8 Å². The van der Waals surface area contributed by atoms with Crippen LogP contribution < -0.4 is 0 Å². The van der Waals surface area contributed by atoms with Crippen LogP contribution in [0.25, 0.3) is 10.9 Å². The van der Waals surface area contributed by atoms with E-state index in [2.05, 4.69) is 9.88 Å². The molecule has 6 nitrogen and oxygen atoms in total. The van der Waals surface area contributed by atoms with Gasteiger partial charge in [-0.05, 0) is 60.0 Å². The fourth-order valence-corrected chi connectivity index (χ4v) is 6.95. The van der Waals surface area contributed by atoms with Crippen molar-refractivity contribution in [3.8, 4) is 0 Å². The van der Waals surface area contributed by atoms with Gasteiger partial charge >= 0.3 is 0 Å². The SMILES string of the molecule is O=C(c1ccc(CS(=O)(=O)c2cccc3cccnc23)cc1)N1CCCN(Cc2cc(Cl)cc(Cl)c2)CC1. The van der Waals surface area contributed by atoms with E-state index in [9.17, 15) is 13.2 Å². The molecule has 0 bridgehead atoms. The molecule has 9 heteroatoms. The standard InChI is InChI=1S/C29H27Cl2N3O3S/c30-25-16-22(17-26(31)18-25)19-33-12-3-13-34(15-14-33)29(35)24-9-7-21(8-10-24)20-38(36,37)27-6-1-4-23-5-2-11-32-28(23)27/h1-2,4-11,16-18H,3,12-15,19-20H2. The van der Waals surface area contributed by atoms with Crippen molar-refractivity contribution in [3.05, 3.63) is 106 Å². The van der Waals surface area contributed by atoms with E-state index in [4.69, 9.17) is 23.2 Å². The molecular weight excluding hydrogens is 541 g/mol. The van der Waals surface area contributed by atoms with Gasteiger partial charge in [0.25, 0.3) is 5.91 Å². The molecule has 1 aromatic heterocycles. The van der Waals surface area contributed by atoms with Crippen molar-refractivity contribution >= 4 is 49.8 Å². The van der Waals surface area contributed by atoms with Gasteiger partial charge in [0.2, 0.25) is 0 Å². The number of halogens is 2. The molecule has 3 aromatic carbocycles. The smallest absolute Gasteiger partial charge is 0.253 e. The maximum atomic E-state index is 13.2. The Balaban J connectivity index is 1.23. The number of carbonyl (C=O) groups excluding carboxylic acids is 1. The van der Waals surface area contributed by atoms with Crippen molar-refractivity contribution in [1.29, 1.82) is 0 Å². The topological polar surface area (TPSA) is 70.6 Å². The van der Waals surface area contributed by atoms with Crippen molar-refractivity contribution in [1.82, 2.24) is 14.8 Å². The summed E-state index contributed by atoms with van der Waals surface area (Å²) in [7, 11) is -3.62. The quantitative estimate of drug-likeness (QED) is 0.291. The van der Waals surface area contributed by atoms with E-state index in [1.165, 1.54) is 0 Å². The molecule has 1 fully saturated rings. The van der Waals surface area contributed by atoms with Crippen LogP contribution in [-0.2, 0) is 22.1 Å². The molecule has 0 N–H and O–H groups in total. The Bertz CT molecular complexity index is 1550. The fraction of sp³-hybridized carbons (Fsp3) is 0.241. The Morgan fingerprint density at radius 2 is 1.58 bits per heavy atom. The molecule has 4 aromatic rings. The Morgan fingerprint density at radius 3 is 2.34 bits per heavy atom. The van der Waals surface area contributed by atoms with Gasteiger partial charge in [-0.15, -0.1) is 0 Å². The van der Waals surface area contributed by atoms with Crippen molar-refractivity contribution < 1.29 is 13.2 Å². The van der Waals surface area contributed by atoms with Crippen LogP contribution in [0, 0.1) is 0 Å². The van der Waals surface area contributed by atoms with Crippen molar-refractivity contribution in [2.24, 2.45) is 0 Å². The Hall–Kier alpha value is -2.97. The maximum absolute atomic E-state index is 13.2. The van der Waals surface area contributed by atoms with Gasteiger partial charge in [-0.2, -0.15) is 0 Å². The third-order valence-electron chi connectivity index (χ3n) is 6.69. The van der Waals surface area contributed by atoms with Gasteiger partial charge in [0.1, 0.15) is 0 Å². The van der Waals surface area contributed by atoms with Gasteiger partial charge < -0.3 is 4.90 Å². The van der Waals surface area contributed by atoms with Crippen LogP contribution in [0.1, 0.15) is 27.9 Å². The minimum Gasteiger partial charge on any atom is -0.337 e. The lowest BCUT2D eigenvalue weighted by Gasteiger charge is -2.22. The molecule has 5 rings (SSSR count). The van der Waals surface area contributed by atoms with E-state index in [0.717, 1.165) is 37.0 Å². The monoisotopic (exact) mass is 567 g/mol. The predicted molar refractivity (Wildman–Crippen MR) is 151 cm³/mol. The van der Waals surface area contributed by atoms with Crippen LogP contribution in [0.4, 0.5) is 0 Å². The normalized spacial score (nSPS) is 14.9. The lowest BCUT2D eigenvalue weighted by Crippen LogP contribution is -2.35. The van der Waals surface area contributed by atoms with E-state index < -0.39 is 9.84 Å². The van der Waals surface area contributed by atoms with Gasteiger partial charge in [-0.1, -0.05) is 53.5 Å². The highest BCUT2D eigenvalue weighted by Crippen LogP contribution is 2.25. The molecule has 38 heavy (non-hydrogen) atoms. The number of amides is 1. The first kappa shape index (κ1) is 26.6. The Labute approximate surface area is 232 Å². The average molecular weight is 569 g/mol. The first-order chi connectivity index (χ1) is 18.3. The number of aromatic nitrogens is 1. The van der Waals surface area contributed by atoms with Crippen LogP contribution >= 0.6 is 23.2 Å².